The van der Waals surface area contributed by atoms with Crippen molar-refractivity contribution >= 4 is 41.4 Å². The quantitative estimate of drug-likeness (QED) is 0.0756. The summed E-state index contributed by atoms with van der Waals surface area (Å²) in [6, 6.07) is -0.371. The molecule has 17 nitrogen and oxygen atoms in total. The summed E-state index contributed by atoms with van der Waals surface area (Å²) in [6.45, 7) is 9.85. The van der Waals surface area contributed by atoms with E-state index in [1.807, 2.05) is 13.8 Å². The lowest BCUT2D eigenvalue weighted by Gasteiger charge is -2.34. The van der Waals surface area contributed by atoms with Crippen molar-refractivity contribution in [2.24, 2.45) is 33.5 Å². The summed E-state index contributed by atoms with van der Waals surface area (Å²) in [7, 11) is 0. The van der Waals surface area contributed by atoms with Gasteiger partial charge in [0.25, 0.3) is 0 Å². The van der Waals surface area contributed by atoms with Gasteiger partial charge in [-0.1, -0.05) is 46.8 Å². The van der Waals surface area contributed by atoms with Crippen LogP contribution >= 0.6 is 0 Å². The second kappa shape index (κ2) is 20.7. The van der Waals surface area contributed by atoms with Gasteiger partial charge in [0.2, 0.25) is 35.4 Å². The number of unbranched alkanes of at least 4 members (excludes halogenated alkanes) is 1. The topological polar surface area (TPSA) is 276 Å². The monoisotopic (exact) mass is 770 g/mol. The number of benzene rings is 1. The summed E-state index contributed by atoms with van der Waals surface area (Å²) >= 11 is 0. The van der Waals surface area contributed by atoms with Gasteiger partial charge in [-0.05, 0) is 86.9 Å². The summed E-state index contributed by atoms with van der Waals surface area (Å²) in [4.78, 5) is 90.0. The highest BCUT2D eigenvalue weighted by molar-refractivity contribution is 5.98. The van der Waals surface area contributed by atoms with Crippen molar-refractivity contribution in [2.75, 3.05) is 19.6 Å². The number of hydrogen-bond donors (Lipinski definition) is 9. The Morgan fingerprint density at radius 3 is 2.00 bits per heavy atom. The summed E-state index contributed by atoms with van der Waals surface area (Å²) in [5.41, 5.74) is 16.5. The van der Waals surface area contributed by atoms with Gasteiger partial charge in [0, 0.05) is 19.5 Å². The number of fused-ring (bicyclic) bond motifs is 1. The first-order valence-corrected chi connectivity index (χ1v) is 19.3. The first kappa shape index (κ1) is 44.5. The van der Waals surface area contributed by atoms with Crippen LogP contribution in [0.5, 0.6) is 5.75 Å². The number of aliphatic imine (C=N–C) groups is 1. The largest absolute Gasteiger partial charge is 0.508 e. The molecule has 2 aliphatic heterocycles. The summed E-state index contributed by atoms with van der Waals surface area (Å²) in [6.07, 6.45) is 2.79. The number of hydrogen-bond acceptors (Lipinski definition) is 9. The number of aromatic hydroxyl groups is 1. The molecule has 6 amide bonds. The number of rotatable bonds is 12. The SMILES string of the molecule is CC(C)C[C@@H]1NC(=O)[C@H](C(C)(C)C)NC(=O)[C@H](Cc2ccc(O)cc2)NC(=O)[C@@H]2CCCN2C(=O)[C@H](CCCCN)NC(=O)[C@H](CCCN=C(N)N)NC1=O. The van der Waals surface area contributed by atoms with Gasteiger partial charge in [0.1, 0.15) is 42.0 Å². The Hall–Kier alpha value is -4.93. The number of nitrogens with one attached hydrogen (secondary N) is 5. The van der Waals surface area contributed by atoms with Crippen molar-refractivity contribution < 1.29 is 33.9 Å². The van der Waals surface area contributed by atoms with E-state index in [1.54, 1.807) is 32.9 Å². The molecule has 2 saturated heterocycles. The third kappa shape index (κ3) is 13.7. The van der Waals surface area contributed by atoms with Gasteiger partial charge in [-0.25, -0.2) is 0 Å². The first-order chi connectivity index (χ1) is 25.9. The van der Waals surface area contributed by atoms with E-state index in [2.05, 4.69) is 31.6 Å². The molecule has 17 heteroatoms. The lowest BCUT2D eigenvalue weighted by molar-refractivity contribution is -0.143. The second-order valence-electron chi connectivity index (χ2n) is 16.0. The Morgan fingerprint density at radius 1 is 0.800 bits per heavy atom. The van der Waals surface area contributed by atoms with E-state index < -0.39 is 77.1 Å². The molecular weight excluding hydrogens is 708 g/mol. The van der Waals surface area contributed by atoms with Crippen LogP contribution in [0.2, 0.25) is 0 Å². The zero-order valence-electron chi connectivity index (χ0n) is 32.9. The molecule has 0 saturated carbocycles. The summed E-state index contributed by atoms with van der Waals surface area (Å²) in [5, 5.41) is 24.0. The molecule has 0 aromatic heterocycles. The molecule has 0 unspecified atom stereocenters. The van der Waals surface area contributed by atoms with Crippen LogP contribution in [0.1, 0.15) is 91.5 Å². The molecule has 6 atom stereocenters. The number of carbonyl (C=O) groups excluding carboxylic acids is 6. The van der Waals surface area contributed by atoms with Gasteiger partial charge in [0.15, 0.2) is 5.96 Å². The van der Waals surface area contributed by atoms with Gasteiger partial charge in [0.05, 0.1) is 0 Å². The van der Waals surface area contributed by atoms with Crippen LogP contribution in [0.25, 0.3) is 0 Å². The van der Waals surface area contributed by atoms with Gasteiger partial charge < -0.3 is 53.8 Å². The average molecular weight is 771 g/mol. The summed E-state index contributed by atoms with van der Waals surface area (Å²) in [5.74, 6) is -3.69. The molecule has 12 N–H and O–H groups in total. The number of nitrogens with zero attached hydrogens (tertiary/aromatic N) is 2. The minimum atomic E-state index is -1.18. The van der Waals surface area contributed by atoms with E-state index in [9.17, 15) is 33.9 Å². The third-order valence-electron chi connectivity index (χ3n) is 9.74. The first-order valence-electron chi connectivity index (χ1n) is 19.3. The van der Waals surface area contributed by atoms with Crippen LogP contribution in [0.3, 0.4) is 0 Å². The van der Waals surface area contributed by atoms with Gasteiger partial charge in [-0.2, -0.15) is 0 Å². The number of nitrogens with two attached hydrogens (primary N) is 3. The maximum absolute atomic E-state index is 14.3. The normalized spacial score (nSPS) is 24.8. The van der Waals surface area contributed by atoms with E-state index in [0.717, 1.165) is 0 Å². The van der Waals surface area contributed by atoms with E-state index in [1.165, 1.54) is 17.0 Å². The Bertz CT molecular complexity index is 1520. The predicted molar refractivity (Wildman–Crippen MR) is 208 cm³/mol. The fourth-order valence-corrected chi connectivity index (χ4v) is 6.79. The minimum absolute atomic E-state index is 0.0116. The standard InChI is InChI=1S/C38H62N10O7/c1-22(2)20-27-32(51)43-25(11-8-18-42-37(40)41)31(50)44-26(10-6-7-17-39)36(55)48-19-9-12-29(48)34(53)45-28(21-23-13-15-24(49)16-14-23)33(52)47-30(35(54)46-27)38(3,4)5/h13-16,22,25-30,49H,6-12,17-21,39H2,1-5H3,(H,43,51)(H,44,50)(H,45,53)(H,46,54)(H,47,52)(H4,40,41,42)/t25-,26-,27-,28-,29-,30+/m0/s1. The van der Waals surface area contributed by atoms with E-state index in [0.29, 0.717) is 44.2 Å². The molecule has 0 radical (unpaired) electrons. The van der Waals surface area contributed by atoms with Crippen molar-refractivity contribution in [3.8, 4) is 5.75 Å². The van der Waals surface area contributed by atoms with Crippen molar-refractivity contribution in [3.63, 3.8) is 0 Å². The molecule has 3 rings (SSSR count). The van der Waals surface area contributed by atoms with Crippen LogP contribution < -0.4 is 43.8 Å². The molecule has 0 aliphatic carbocycles. The molecule has 2 aliphatic rings. The Morgan fingerprint density at radius 2 is 1.38 bits per heavy atom. The number of amides is 6. The average Bonchev–Trinajstić information content (AvgIpc) is 3.60. The molecule has 1 aromatic carbocycles. The van der Waals surface area contributed by atoms with Crippen LogP contribution in [0.4, 0.5) is 0 Å². The van der Waals surface area contributed by atoms with Gasteiger partial charge in [-0.15, -0.1) is 0 Å². The lowest BCUT2D eigenvalue weighted by atomic mass is 9.85. The van der Waals surface area contributed by atoms with Crippen LogP contribution in [0.15, 0.2) is 29.3 Å². The molecule has 306 valence electrons. The number of phenols is 1. The molecule has 2 fully saturated rings. The highest BCUT2D eigenvalue weighted by atomic mass is 16.3. The molecule has 0 spiro atoms. The molecule has 55 heavy (non-hydrogen) atoms. The maximum Gasteiger partial charge on any atom is 0.245 e. The fraction of sp³-hybridized carbons (Fsp3) is 0.658. The second-order valence-corrected chi connectivity index (χ2v) is 16.0. The van der Waals surface area contributed by atoms with Gasteiger partial charge in [-0.3, -0.25) is 33.8 Å². The molecular formula is C38H62N10O7. The van der Waals surface area contributed by atoms with Crippen molar-refractivity contribution in [1.82, 2.24) is 31.5 Å². The number of guanidine groups is 1. The Balaban J connectivity index is 2.11. The van der Waals surface area contributed by atoms with Gasteiger partial charge >= 0.3 is 0 Å². The van der Waals surface area contributed by atoms with Crippen LogP contribution in [-0.2, 0) is 35.2 Å². The Labute approximate surface area is 323 Å². The highest BCUT2D eigenvalue weighted by Gasteiger charge is 2.41. The van der Waals surface area contributed by atoms with E-state index in [-0.39, 0.29) is 56.4 Å². The fourth-order valence-electron chi connectivity index (χ4n) is 6.79. The number of phenolic OH excluding ortho intramolecular Hbond substituents is 1. The maximum atomic E-state index is 14.3. The summed E-state index contributed by atoms with van der Waals surface area (Å²) < 4.78 is 0. The van der Waals surface area contributed by atoms with E-state index >= 15 is 0 Å². The zero-order chi connectivity index (χ0) is 40.9. The molecule has 1 aromatic rings. The minimum Gasteiger partial charge on any atom is -0.508 e. The van der Waals surface area contributed by atoms with Crippen LogP contribution in [0, 0.1) is 11.3 Å². The highest BCUT2D eigenvalue weighted by Crippen LogP contribution is 2.23. The van der Waals surface area contributed by atoms with Crippen LogP contribution in [-0.4, -0.2) is 107 Å². The Kier molecular flexibility index (Phi) is 16.7. The predicted octanol–water partition coefficient (Wildman–Crippen LogP) is -0.362. The number of carbonyl (C=O) groups is 6. The molecule has 0 bridgehead atoms. The lowest BCUT2D eigenvalue weighted by Crippen LogP contribution is -2.63. The van der Waals surface area contributed by atoms with Crippen molar-refractivity contribution in [1.29, 1.82) is 0 Å². The molecule has 2 heterocycles. The van der Waals surface area contributed by atoms with Crippen molar-refractivity contribution in [2.45, 2.75) is 129 Å². The third-order valence-corrected chi connectivity index (χ3v) is 9.74. The smallest absolute Gasteiger partial charge is 0.245 e. The zero-order valence-corrected chi connectivity index (χ0v) is 32.9. The van der Waals surface area contributed by atoms with E-state index in [4.69, 9.17) is 17.2 Å². The van der Waals surface area contributed by atoms with Crippen molar-refractivity contribution in [3.05, 3.63) is 29.8 Å².